The molecule has 118 valence electrons. The van der Waals surface area contributed by atoms with Gasteiger partial charge in [-0.1, -0.05) is 13.8 Å². The van der Waals surface area contributed by atoms with Gasteiger partial charge in [0.25, 0.3) is 0 Å². The third-order valence-electron chi connectivity index (χ3n) is 3.03. The molecule has 5 nitrogen and oxygen atoms in total. The Balaban J connectivity index is 0. The fourth-order valence-corrected chi connectivity index (χ4v) is 1.88. The maximum Gasteiger partial charge on any atom is 0.244 e. The summed E-state index contributed by atoms with van der Waals surface area (Å²) >= 11 is 0. The van der Waals surface area contributed by atoms with Gasteiger partial charge >= 0.3 is 0 Å². The molecule has 0 bridgehead atoms. The molecule has 0 aliphatic heterocycles. The molecule has 1 amide bonds. The number of halogens is 2. The molecule has 0 unspecified atom stereocenters. The van der Waals surface area contributed by atoms with E-state index in [0.717, 1.165) is 11.4 Å². The number of amides is 1. The lowest BCUT2D eigenvalue weighted by Crippen LogP contribution is -2.41. The van der Waals surface area contributed by atoms with Gasteiger partial charge in [0, 0.05) is 19.3 Å². The van der Waals surface area contributed by atoms with Crippen molar-refractivity contribution in [2.75, 3.05) is 20.1 Å². The zero-order valence-corrected chi connectivity index (χ0v) is 14.5. The summed E-state index contributed by atoms with van der Waals surface area (Å²) in [6.45, 7) is 9.50. The molecule has 0 saturated carbocycles. The van der Waals surface area contributed by atoms with Crippen molar-refractivity contribution < 1.29 is 4.79 Å². The van der Waals surface area contributed by atoms with E-state index < -0.39 is 0 Å². The van der Waals surface area contributed by atoms with Crippen LogP contribution < -0.4 is 5.73 Å². The van der Waals surface area contributed by atoms with E-state index in [9.17, 15) is 4.79 Å². The van der Waals surface area contributed by atoms with Gasteiger partial charge in [0.15, 0.2) is 0 Å². The lowest BCUT2D eigenvalue weighted by atomic mass is 9.93. The van der Waals surface area contributed by atoms with E-state index >= 15 is 0 Å². The summed E-state index contributed by atoms with van der Waals surface area (Å²) in [5, 5.41) is 4.29. The van der Waals surface area contributed by atoms with Crippen molar-refractivity contribution in [1.82, 2.24) is 14.7 Å². The van der Waals surface area contributed by atoms with Gasteiger partial charge < -0.3 is 10.6 Å². The predicted octanol–water partition coefficient (Wildman–Crippen LogP) is 1.79. The number of aromatic nitrogens is 2. The largest absolute Gasteiger partial charge is 0.344 e. The van der Waals surface area contributed by atoms with E-state index in [4.69, 9.17) is 5.73 Å². The Kier molecular flexibility index (Phi) is 9.14. The second kappa shape index (κ2) is 8.49. The maximum atomic E-state index is 12.1. The van der Waals surface area contributed by atoms with Gasteiger partial charge in [-0.2, -0.15) is 5.10 Å². The van der Waals surface area contributed by atoms with Crippen molar-refractivity contribution in [3.05, 3.63) is 17.5 Å². The van der Waals surface area contributed by atoms with Gasteiger partial charge in [-0.15, -0.1) is 24.8 Å². The minimum Gasteiger partial charge on any atom is -0.344 e. The minimum atomic E-state index is -0.0561. The predicted molar refractivity (Wildman–Crippen MR) is 86.7 cm³/mol. The van der Waals surface area contributed by atoms with Crippen LogP contribution in [0, 0.1) is 19.3 Å². The van der Waals surface area contributed by atoms with Crippen LogP contribution in [-0.4, -0.2) is 40.7 Å². The summed E-state index contributed by atoms with van der Waals surface area (Å²) in [7, 11) is 1.81. The number of aryl methyl sites for hydroxylation is 2. The fourth-order valence-electron chi connectivity index (χ4n) is 1.88. The Bertz CT molecular complexity index is 432. The van der Waals surface area contributed by atoms with E-state index in [-0.39, 0.29) is 42.7 Å². The summed E-state index contributed by atoms with van der Waals surface area (Å²) in [5.41, 5.74) is 7.57. The highest BCUT2D eigenvalue weighted by atomic mass is 35.5. The van der Waals surface area contributed by atoms with Crippen LogP contribution in [0.1, 0.15) is 25.2 Å². The first-order valence-electron chi connectivity index (χ1n) is 6.20. The van der Waals surface area contributed by atoms with E-state index in [2.05, 4.69) is 18.9 Å². The molecular weight excluding hydrogens is 299 g/mol. The monoisotopic (exact) mass is 324 g/mol. The minimum absolute atomic E-state index is 0. The van der Waals surface area contributed by atoms with Crippen molar-refractivity contribution in [3.63, 3.8) is 0 Å². The summed E-state index contributed by atoms with van der Waals surface area (Å²) in [5.74, 6) is 0.0581. The molecule has 1 rings (SSSR count). The number of carbonyl (C=O) groups is 1. The molecule has 0 saturated heterocycles. The van der Waals surface area contributed by atoms with E-state index in [1.54, 1.807) is 9.58 Å². The molecule has 1 aromatic rings. The van der Waals surface area contributed by atoms with E-state index in [1.165, 1.54) is 0 Å². The standard InChI is InChI=1S/C13H24N4O.2ClH/c1-10-6-11(2)17(15-10)7-12(18)16(5)9-13(3,4)8-14;;/h6H,7-9,14H2,1-5H3;2*1H. The molecule has 1 aromatic heterocycles. The molecular formula is C13H26Cl2N4O. The highest BCUT2D eigenvalue weighted by Crippen LogP contribution is 2.14. The second-order valence-corrected chi connectivity index (χ2v) is 5.70. The number of hydrogen-bond donors (Lipinski definition) is 1. The number of nitrogens with zero attached hydrogens (tertiary/aromatic N) is 3. The first-order valence-corrected chi connectivity index (χ1v) is 6.20. The molecule has 0 aliphatic carbocycles. The Morgan fingerprint density at radius 2 is 1.95 bits per heavy atom. The molecule has 0 spiro atoms. The van der Waals surface area contributed by atoms with Crippen molar-refractivity contribution >= 4 is 30.7 Å². The Morgan fingerprint density at radius 3 is 2.35 bits per heavy atom. The first kappa shape index (κ1) is 21.5. The zero-order chi connectivity index (χ0) is 13.9. The van der Waals surface area contributed by atoms with Gasteiger partial charge in [0.05, 0.1) is 5.69 Å². The van der Waals surface area contributed by atoms with Crippen molar-refractivity contribution in [3.8, 4) is 0 Å². The second-order valence-electron chi connectivity index (χ2n) is 5.70. The highest BCUT2D eigenvalue weighted by Gasteiger charge is 2.21. The molecule has 0 aromatic carbocycles. The van der Waals surface area contributed by atoms with Gasteiger partial charge in [-0.25, -0.2) is 0 Å². The molecule has 0 aliphatic rings. The lowest BCUT2D eigenvalue weighted by molar-refractivity contribution is -0.131. The summed E-state index contributed by atoms with van der Waals surface area (Å²) < 4.78 is 1.74. The molecule has 1 heterocycles. The quantitative estimate of drug-likeness (QED) is 0.898. The van der Waals surface area contributed by atoms with Crippen LogP contribution in [0.5, 0.6) is 0 Å². The number of carbonyl (C=O) groups excluding carboxylic acids is 1. The fraction of sp³-hybridized carbons (Fsp3) is 0.692. The van der Waals surface area contributed by atoms with Crippen LogP contribution in [0.25, 0.3) is 0 Å². The van der Waals surface area contributed by atoms with E-state index in [1.807, 2.05) is 27.0 Å². The SMILES string of the molecule is Cc1cc(C)n(CC(=O)N(C)CC(C)(C)CN)n1.Cl.Cl. The van der Waals surface area contributed by atoms with Crippen molar-refractivity contribution in [2.24, 2.45) is 11.1 Å². The average molecular weight is 325 g/mol. The van der Waals surface area contributed by atoms with E-state index in [0.29, 0.717) is 13.1 Å². The molecule has 0 fully saturated rings. The molecule has 0 radical (unpaired) electrons. The summed E-state index contributed by atoms with van der Waals surface area (Å²) in [4.78, 5) is 13.8. The highest BCUT2D eigenvalue weighted by molar-refractivity contribution is 5.85. The van der Waals surface area contributed by atoms with Gasteiger partial charge in [-0.05, 0) is 31.9 Å². The Labute approximate surface area is 133 Å². The average Bonchev–Trinajstić information content (AvgIpc) is 2.56. The van der Waals surface area contributed by atoms with Crippen LogP contribution in [0.2, 0.25) is 0 Å². The number of hydrogen-bond acceptors (Lipinski definition) is 3. The smallest absolute Gasteiger partial charge is 0.244 e. The van der Waals surface area contributed by atoms with Crippen LogP contribution >= 0.6 is 24.8 Å². The third kappa shape index (κ3) is 6.11. The topological polar surface area (TPSA) is 64.2 Å². The molecule has 0 atom stereocenters. The Morgan fingerprint density at radius 1 is 1.40 bits per heavy atom. The van der Waals surface area contributed by atoms with Crippen LogP contribution in [0.3, 0.4) is 0 Å². The zero-order valence-electron chi connectivity index (χ0n) is 12.8. The van der Waals surface area contributed by atoms with Crippen LogP contribution in [-0.2, 0) is 11.3 Å². The summed E-state index contributed by atoms with van der Waals surface area (Å²) in [6.07, 6.45) is 0. The van der Waals surface area contributed by atoms with Crippen LogP contribution in [0.4, 0.5) is 0 Å². The number of likely N-dealkylation sites (N-methyl/N-ethyl adjacent to an activating group) is 1. The normalized spacial score (nSPS) is 10.5. The molecule has 2 N–H and O–H groups in total. The molecule has 20 heavy (non-hydrogen) atoms. The Hall–Kier alpha value is -0.780. The van der Waals surface area contributed by atoms with Gasteiger partial charge in [0.2, 0.25) is 5.91 Å². The van der Waals surface area contributed by atoms with Gasteiger partial charge in [0.1, 0.15) is 6.54 Å². The maximum absolute atomic E-state index is 12.1. The number of rotatable bonds is 5. The van der Waals surface area contributed by atoms with Crippen molar-refractivity contribution in [1.29, 1.82) is 0 Å². The molecule has 7 heteroatoms. The summed E-state index contributed by atoms with van der Waals surface area (Å²) in [6, 6.07) is 1.97. The van der Waals surface area contributed by atoms with Crippen LogP contribution in [0.15, 0.2) is 6.07 Å². The lowest BCUT2D eigenvalue weighted by Gasteiger charge is -2.29. The van der Waals surface area contributed by atoms with Gasteiger partial charge in [-0.3, -0.25) is 9.48 Å². The third-order valence-corrected chi connectivity index (χ3v) is 3.03. The van der Waals surface area contributed by atoms with Crippen molar-refractivity contribution in [2.45, 2.75) is 34.2 Å². The first-order chi connectivity index (χ1) is 8.25. The number of nitrogens with two attached hydrogens (primary N) is 1.